The Morgan fingerprint density at radius 1 is 1.50 bits per heavy atom. The lowest BCUT2D eigenvalue weighted by atomic mass is 10.1. The van der Waals surface area contributed by atoms with Crippen LogP contribution in [0.25, 0.3) is 0 Å². The van der Waals surface area contributed by atoms with Crippen LogP contribution in [0.3, 0.4) is 0 Å². The Hall–Kier alpha value is -0.670. The summed E-state index contributed by atoms with van der Waals surface area (Å²) in [7, 11) is 0. The quantitative estimate of drug-likeness (QED) is 0.842. The van der Waals surface area contributed by atoms with Gasteiger partial charge in [-0.3, -0.25) is 4.79 Å². The van der Waals surface area contributed by atoms with Crippen LogP contribution in [-0.2, 0) is 4.79 Å². The van der Waals surface area contributed by atoms with Gasteiger partial charge in [0, 0.05) is 10.0 Å². The Morgan fingerprint density at radius 3 is 2.58 bits per heavy atom. The van der Waals surface area contributed by atoms with Gasteiger partial charge in [-0.15, -0.1) is 0 Å². The Balaban J connectivity index is 3.02. The van der Waals surface area contributed by atoms with Gasteiger partial charge in [-0.1, -0.05) is 34.1 Å². The van der Waals surface area contributed by atoms with Crippen molar-refractivity contribution in [3.8, 4) is 0 Å². The fraction of sp³-hybridized carbons (Fsp3) is 0.222. The molecular formula is C9H9BrO2. The van der Waals surface area contributed by atoms with Crippen molar-refractivity contribution >= 4 is 21.7 Å². The standard InChI is InChI=1S/C9H9BrO2/c1-6(11)9(12)7-4-2-3-5-8(7)10/h2-5,9,12H,1H3/t9-/m0/s1. The average molecular weight is 229 g/mol. The summed E-state index contributed by atoms with van der Waals surface area (Å²) in [5.41, 5.74) is 0.616. The van der Waals surface area contributed by atoms with Crippen molar-refractivity contribution in [3.63, 3.8) is 0 Å². The topological polar surface area (TPSA) is 37.3 Å². The summed E-state index contributed by atoms with van der Waals surface area (Å²) in [6.07, 6.45) is -1.01. The highest BCUT2D eigenvalue weighted by Gasteiger charge is 2.14. The van der Waals surface area contributed by atoms with Gasteiger partial charge in [0.2, 0.25) is 0 Å². The average Bonchev–Trinajstić information content (AvgIpc) is 2.04. The lowest BCUT2D eigenvalue weighted by Gasteiger charge is -2.08. The number of aliphatic hydroxyl groups excluding tert-OH is 1. The minimum atomic E-state index is -1.01. The SMILES string of the molecule is CC(=O)[C@H](O)c1ccccc1Br. The zero-order valence-corrected chi connectivity index (χ0v) is 8.21. The van der Waals surface area contributed by atoms with Gasteiger partial charge in [-0.2, -0.15) is 0 Å². The molecule has 1 aromatic rings. The van der Waals surface area contributed by atoms with Crippen LogP contribution in [0.4, 0.5) is 0 Å². The van der Waals surface area contributed by atoms with E-state index in [1.807, 2.05) is 6.07 Å². The summed E-state index contributed by atoms with van der Waals surface area (Å²) in [5.74, 6) is -0.248. The van der Waals surface area contributed by atoms with E-state index >= 15 is 0 Å². The number of rotatable bonds is 2. The van der Waals surface area contributed by atoms with Crippen molar-refractivity contribution in [2.24, 2.45) is 0 Å². The summed E-state index contributed by atoms with van der Waals surface area (Å²) in [6.45, 7) is 1.37. The summed E-state index contributed by atoms with van der Waals surface area (Å²) in [6, 6.07) is 7.13. The maximum Gasteiger partial charge on any atom is 0.162 e. The van der Waals surface area contributed by atoms with Crippen LogP contribution in [0.5, 0.6) is 0 Å². The summed E-state index contributed by atoms with van der Waals surface area (Å²) < 4.78 is 0.757. The van der Waals surface area contributed by atoms with Crippen LogP contribution < -0.4 is 0 Å². The zero-order chi connectivity index (χ0) is 9.14. The summed E-state index contributed by atoms with van der Waals surface area (Å²) in [5, 5.41) is 9.40. The number of ketones is 1. The largest absolute Gasteiger partial charge is 0.381 e. The first-order valence-electron chi connectivity index (χ1n) is 3.56. The molecule has 0 amide bonds. The molecule has 0 heterocycles. The van der Waals surface area contributed by atoms with Crippen LogP contribution in [0, 0.1) is 0 Å². The van der Waals surface area contributed by atoms with E-state index < -0.39 is 6.10 Å². The lowest BCUT2D eigenvalue weighted by molar-refractivity contribution is -0.125. The van der Waals surface area contributed by atoms with E-state index in [2.05, 4.69) is 15.9 Å². The molecule has 1 aromatic carbocycles. The number of benzene rings is 1. The summed E-state index contributed by atoms with van der Waals surface area (Å²) >= 11 is 3.25. The van der Waals surface area contributed by atoms with Gasteiger partial charge in [-0.25, -0.2) is 0 Å². The van der Waals surface area contributed by atoms with Crippen molar-refractivity contribution in [2.45, 2.75) is 13.0 Å². The van der Waals surface area contributed by atoms with E-state index in [0.717, 1.165) is 4.47 Å². The molecule has 0 fully saturated rings. The molecular weight excluding hydrogens is 220 g/mol. The smallest absolute Gasteiger partial charge is 0.162 e. The van der Waals surface area contributed by atoms with Crippen molar-refractivity contribution in [1.29, 1.82) is 0 Å². The molecule has 0 aliphatic carbocycles. The zero-order valence-electron chi connectivity index (χ0n) is 6.62. The second kappa shape index (κ2) is 3.83. The molecule has 0 saturated carbocycles. The normalized spacial score (nSPS) is 12.6. The van der Waals surface area contributed by atoms with Crippen molar-refractivity contribution in [1.82, 2.24) is 0 Å². The molecule has 0 unspecified atom stereocenters. The van der Waals surface area contributed by atoms with Gasteiger partial charge < -0.3 is 5.11 Å². The fourth-order valence-corrected chi connectivity index (χ4v) is 1.42. The molecule has 1 rings (SSSR count). The molecule has 64 valence electrons. The Kier molecular flexibility index (Phi) is 3.00. The fourth-order valence-electron chi connectivity index (χ4n) is 0.916. The highest BCUT2D eigenvalue weighted by Crippen LogP contribution is 2.23. The number of hydrogen-bond donors (Lipinski definition) is 1. The number of Topliss-reactive ketones (excluding diaryl/α,β-unsaturated/α-hetero) is 1. The molecule has 0 aliphatic heterocycles. The molecule has 0 aromatic heterocycles. The number of hydrogen-bond acceptors (Lipinski definition) is 2. The third-order valence-electron chi connectivity index (χ3n) is 1.58. The first-order chi connectivity index (χ1) is 5.63. The second-order valence-corrected chi connectivity index (χ2v) is 3.39. The van der Waals surface area contributed by atoms with Gasteiger partial charge >= 0.3 is 0 Å². The maximum atomic E-state index is 10.8. The van der Waals surface area contributed by atoms with Gasteiger partial charge in [-0.05, 0) is 13.0 Å². The second-order valence-electron chi connectivity index (χ2n) is 2.53. The highest BCUT2D eigenvalue weighted by atomic mass is 79.9. The van der Waals surface area contributed by atoms with E-state index in [-0.39, 0.29) is 5.78 Å². The molecule has 12 heavy (non-hydrogen) atoms. The summed E-state index contributed by atoms with van der Waals surface area (Å²) in [4.78, 5) is 10.8. The molecule has 3 heteroatoms. The van der Waals surface area contributed by atoms with Gasteiger partial charge in [0.25, 0.3) is 0 Å². The number of aliphatic hydroxyl groups is 1. The van der Waals surface area contributed by atoms with E-state index in [4.69, 9.17) is 0 Å². The number of halogens is 1. The van der Waals surface area contributed by atoms with Crippen molar-refractivity contribution in [3.05, 3.63) is 34.3 Å². The van der Waals surface area contributed by atoms with Gasteiger partial charge in [0.15, 0.2) is 5.78 Å². The molecule has 1 atom stereocenters. The molecule has 1 N–H and O–H groups in total. The van der Waals surface area contributed by atoms with E-state index in [1.54, 1.807) is 18.2 Å². The van der Waals surface area contributed by atoms with Crippen LogP contribution in [0.1, 0.15) is 18.6 Å². The monoisotopic (exact) mass is 228 g/mol. The molecule has 0 bridgehead atoms. The molecule has 0 aliphatic rings. The maximum absolute atomic E-state index is 10.8. The Labute approximate surface area is 79.3 Å². The number of carbonyl (C=O) groups is 1. The minimum absolute atomic E-state index is 0.248. The third kappa shape index (κ3) is 1.93. The van der Waals surface area contributed by atoms with Crippen LogP contribution in [0.15, 0.2) is 28.7 Å². The minimum Gasteiger partial charge on any atom is -0.381 e. The highest BCUT2D eigenvalue weighted by molar-refractivity contribution is 9.10. The molecule has 0 radical (unpaired) electrons. The Morgan fingerprint density at radius 2 is 2.08 bits per heavy atom. The van der Waals surface area contributed by atoms with E-state index in [1.165, 1.54) is 6.92 Å². The van der Waals surface area contributed by atoms with E-state index in [9.17, 15) is 9.90 Å². The van der Waals surface area contributed by atoms with Crippen LogP contribution in [-0.4, -0.2) is 10.9 Å². The first kappa shape index (κ1) is 9.42. The van der Waals surface area contributed by atoms with E-state index in [0.29, 0.717) is 5.56 Å². The first-order valence-corrected chi connectivity index (χ1v) is 4.35. The van der Waals surface area contributed by atoms with Gasteiger partial charge in [0.1, 0.15) is 6.10 Å². The van der Waals surface area contributed by atoms with Gasteiger partial charge in [0.05, 0.1) is 0 Å². The van der Waals surface area contributed by atoms with Crippen molar-refractivity contribution < 1.29 is 9.90 Å². The molecule has 2 nitrogen and oxygen atoms in total. The number of carbonyl (C=O) groups excluding carboxylic acids is 1. The predicted molar refractivity (Wildman–Crippen MR) is 49.8 cm³/mol. The lowest BCUT2D eigenvalue weighted by Crippen LogP contribution is -2.07. The van der Waals surface area contributed by atoms with Crippen molar-refractivity contribution in [2.75, 3.05) is 0 Å². The molecule has 0 spiro atoms. The Bertz CT molecular complexity index is 296. The molecule has 0 saturated heterocycles. The third-order valence-corrected chi connectivity index (χ3v) is 2.31. The van der Waals surface area contributed by atoms with Crippen LogP contribution >= 0.6 is 15.9 Å². The predicted octanol–water partition coefficient (Wildman–Crippen LogP) is 2.07. The van der Waals surface area contributed by atoms with Crippen LogP contribution in [0.2, 0.25) is 0 Å².